The molecule has 0 aliphatic carbocycles. The number of nitrogens with zero attached hydrogens (tertiary/aromatic N) is 2. The highest BCUT2D eigenvalue weighted by atomic mass is 16.2. The van der Waals surface area contributed by atoms with E-state index in [9.17, 15) is 9.59 Å². The molecule has 11 heavy (non-hydrogen) atoms. The molecule has 0 radical (unpaired) electrons. The van der Waals surface area contributed by atoms with Crippen molar-refractivity contribution in [2.75, 3.05) is 0 Å². The third kappa shape index (κ3) is 1.58. The molecule has 1 atom stereocenters. The van der Waals surface area contributed by atoms with Gasteiger partial charge in [0.05, 0.1) is 5.70 Å². The standard InChI is InChI=1S/C7H8N2O2/c1-4-3-6(5(2)10)7(11)9-8-4/h3,6H,1-2H3. The summed E-state index contributed by atoms with van der Waals surface area (Å²) in [4.78, 5) is 21.6. The molecule has 0 aromatic rings. The number of carbonyl (C=O) groups excluding carboxylic acids is 2. The molecule has 0 fully saturated rings. The van der Waals surface area contributed by atoms with Gasteiger partial charge in [-0.25, -0.2) is 0 Å². The Labute approximate surface area is 64.0 Å². The van der Waals surface area contributed by atoms with Gasteiger partial charge in [0.15, 0.2) is 0 Å². The fourth-order valence-corrected chi connectivity index (χ4v) is 0.827. The minimum absolute atomic E-state index is 0.187. The van der Waals surface area contributed by atoms with Crippen LogP contribution in [0.3, 0.4) is 0 Å². The lowest BCUT2D eigenvalue weighted by Crippen LogP contribution is -2.19. The summed E-state index contributed by atoms with van der Waals surface area (Å²) >= 11 is 0. The third-order valence-corrected chi connectivity index (χ3v) is 1.42. The highest BCUT2D eigenvalue weighted by Gasteiger charge is 2.23. The Morgan fingerprint density at radius 1 is 1.55 bits per heavy atom. The largest absolute Gasteiger partial charge is 0.299 e. The van der Waals surface area contributed by atoms with Gasteiger partial charge in [0.2, 0.25) is 0 Å². The summed E-state index contributed by atoms with van der Waals surface area (Å²) in [7, 11) is 0. The van der Waals surface area contributed by atoms with E-state index < -0.39 is 11.8 Å². The zero-order chi connectivity index (χ0) is 8.43. The van der Waals surface area contributed by atoms with E-state index >= 15 is 0 Å². The SMILES string of the molecule is CC(=O)C1C=C(C)N=NC1=O. The van der Waals surface area contributed by atoms with Crippen LogP contribution in [0.4, 0.5) is 0 Å². The maximum atomic E-state index is 10.9. The van der Waals surface area contributed by atoms with Crippen LogP contribution in [-0.4, -0.2) is 11.7 Å². The minimum atomic E-state index is -0.701. The van der Waals surface area contributed by atoms with Crippen LogP contribution in [0.2, 0.25) is 0 Å². The molecule has 1 rings (SSSR count). The fraction of sp³-hybridized carbons (Fsp3) is 0.429. The number of azo groups is 1. The van der Waals surface area contributed by atoms with Gasteiger partial charge in [0.1, 0.15) is 11.7 Å². The van der Waals surface area contributed by atoms with Crippen LogP contribution in [0, 0.1) is 5.92 Å². The van der Waals surface area contributed by atoms with Crippen molar-refractivity contribution >= 4 is 11.7 Å². The molecule has 0 bridgehead atoms. The zero-order valence-corrected chi connectivity index (χ0v) is 6.37. The third-order valence-electron chi connectivity index (χ3n) is 1.42. The van der Waals surface area contributed by atoms with Crippen molar-refractivity contribution < 1.29 is 9.59 Å². The molecule has 0 aromatic heterocycles. The average Bonchev–Trinajstić information content (AvgIpc) is 1.94. The van der Waals surface area contributed by atoms with E-state index in [4.69, 9.17) is 0 Å². The maximum absolute atomic E-state index is 10.9. The smallest absolute Gasteiger partial charge is 0.278 e. The molecule has 1 heterocycles. The number of allylic oxidation sites excluding steroid dienone is 1. The summed E-state index contributed by atoms with van der Waals surface area (Å²) < 4.78 is 0. The predicted molar refractivity (Wildman–Crippen MR) is 37.8 cm³/mol. The summed E-state index contributed by atoms with van der Waals surface area (Å²) in [6.45, 7) is 3.07. The van der Waals surface area contributed by atoms with Crippen molar-refractivity contribution in [3.05, 3.63) is 11.8 Å². The van der Waals surface area contributed by atoms with Crippen molar-refractivity contribution in [1.29, 1.82) is 0 Å². The first kappa shape index (κ1) is 7.78. The monoisotopic (exact) mass is 152 g/mol. The zero-order valence-electron chi connectivity index (χ0n) is 6.37. The quantitative estimate of drug-likeness (QED) is 0.528. The van der Waals surface area contributed by atoms with E-state index in [2.05, 4.69) is 10.2 Å². The van der Waals surface area contributed by atoms with Gasteiger partial charge in [-0.2, -0.15) is 5.11 Å². The number of ketones is 1. The molecule has 1 unspecified atom stereocenters. The van der Waals surface area contributed by atoms with Gasteiger partial charge < -0.3 is 0 Å². The molecule has 0 saturated carbocycles. The molecule has 1 aliphatic heterocycles. The number of Topliss-reactive ketones (excluding diaryl/α,β-unsaturated/α-hetero) is 1. The van der Waals surface area contributed by atoms with Crippen LogP contribution < -0.4 is 0 Å². The average molecular weight is 152 g/mol. The van der Waals surface area contributed by atoms with Crippen molar-refractivity contribution in [2.45, 2.75) is 13.8 Å². The second-order valence-corrected chi connectivity index (χ2v) is 2.43. The Balaban J connectivity index is 2.90. The van der Waals surface area contributed by atoms with E-state index in [0.29, 0.717) is 5.70 Å². The first-order chi connectivity index (χ1) is 5.11. The van der Waals surface area contributed by atoms with Gasteiger partial charge in [-0.15, -0.1) is 5.11 Å². The van der Waals surface area contributed by atoms with Crippen molar-refractivity contribution in [2.24, 2.45) is 16.1 Å². The lowest BCUT2D eigenvalue weighted by atomic mass is 10.0. The molecule has 0 N–H and O–H groups in total. The van der Waals surface area contributed by atoms with Gasteiger partial charge in [-0.1, -0.05) is 0 Å². The second-order valence-electron chi connectivity index (χ2n) is 2.43. The van der Waals surface area contributed by atoms with Crippen LogP contribution >= 0.6 is 0 Å². The molecule has 0 spiro atoms. The summed E-state index contributed by atoms with van der Waals surface area (Å²) in [5.41, 5.74) is 0.616. The lowest BCUT2D eigenvalue weighted by molar-refractivity contribution is -0.129. The first-order valence-electron chi connectivity index (χ1n) is 3.25. The molecular formula is C7H8N2O2. The van der Waals surface area contributed by atoms with E-state index in [-0.39, 0.29) is 5.78 Å². The molecule has 58 valence electrons. The Hall–Kier alpha value is -1.32. The lowest BCUT2D eigenvalue weighted by Gasteiger charge is -2.07. The predicted octanol–water partition coefficient (Wildman–Crippen LogP) is 1.09. The van der Waals surface area contributed by atoms with Gasteiger partial charge in [-0.3, -0.25) is 9.59 Å². The normalized spacial score (nSPS) is 23.3. The number of rotatable bonds is 1. The Morgan fingerprint density at radius 3 is 2.64 bits per heavy atom. The fourth-order valence-electron chi connectivity index (χ4n) is 0.827. The van der Waals surface area contributed by atoms with Crippen LogP contribution in [0.5, 0.6) is 0 Å². The van der Waals surface area contributed by atoms with Crippen molar-refractivity contribution in [1.82, 2.24) is 0 Å². The topological polar surface area (TPSA) is 58.9 Å². The van der Waals surface area contributed by atoms with E-state index in [1.54, 1.807) is 6.92 Å². The Morgan fingerprint density at radius 2 is 2.18 bits per heavy atom. The highest BCUT2D eigenvalue weighted by Crippen LogP contribution is 2.14. The Kier molecular flexibility index (Phi) is 1.94. The van der Waals surface area contributed by atoms with Crippen molar-refractivity contribution in [3.63, 3.8) is 0 Å². The molecular weight excluding hydrogens is 144 g/mol. The van der Waals surface area contributed by atoms with E-state index in [1.807, 2.05) is 0 Å². The number of hydrogen-bond donors (Lipinski definition) is 0. The summed E-state index contributed by atoms with van der Waals surface area (Å²) in [6, 6.07) is 0. The first-order valence-corrected chi connectivity index (χ1v) is 3.25. The van der Waals surface area contributed by atoms with Crippen LogP contribution in [0.1, 0.15) is 13.8 Å². The Bertz CT molecular complexity index is 266. The maximum Gasteiger partial charge on any atom is 0.278 e. The minimum Gasteiger partial charge on any atom is -0.299 e. The highest BCUT2D eigenvalue weighted by molar-refractivity contribution is 6.02. The number of carbonyl (C=O) groups is 2. The van der Waals surface area contributed by atoms with Crippen LogP contribution in [0.25, 0.3) is 0 Å². The van der Waals surface area contributed by atoms with Crippen LogP contribution in [-0.2, 0) is 9.59 Å². The van der Waals surface area contributed by atoms with Gasteiger partial charge in [0, 0.05) is 0 Å². The molecule has 4 nitrogen and oxygen atoms in total. The summed E-state index contributed by atoms with van der Waals surface area (Å²) in [6.07, 6.45) is 1.53. The molecule has 1 aliphatic rings. The van der Waals surface area contributed by atoms with Gasteiger partial charge in [0.25, 0.3) is 5.91 Å². The molecule has 0 aromatic carbocycles. The van der Waals surface area contributed by atoms with E-state index in [0.717, 1.165) is 0 Å². The second kappa shape index (κ2) is 2.74. The molecule has 4 heteroatoms. The number of amides is 1. The van der Waals surface area contributed by atoms with Crippen LogP contribution in [0.15, 0.2) is 22.0 Å². The molecule has 1 amide bonds. The van der Waals surface area contributed by atoms with Gasteiger partial charge >= 0.3 is 0 Å². The summed E-state index contributed by atoms with van der Waals surface area (Å²) in [5, 5.41) is 6.84. The van der Waals surface area contributed by atoms with E-state index in [1.165, 1.54) is 13.0 Å². The van der Waals surface area contributed by atoms with Crippen molar-refractivity contribution in [3.8, 4) is 0 Å². The number of hydrogen-bond acceptors (Lipinski definition) is 3. The van der Waals surface area contributed by atoms with Gasteiger partial charge in [-0.05, 0) is 19.9 Å². The molecule has 0 saturated heterocycles. The summed E-state index contributed by atoms with van der Waals surface area (Å²) in [5.74, 6) is -1.36.